The van der Waals surface area contributed by atoms with Crippen molar-refractivity contribution in [2.24, 2.45) is 4.99 Å². The number of nitrogens with zero attached hydrogens (tertiary/aromatic N) is 4. The monoisotopic (exact) mass is 436 g/mol. The van der Waals surface area contributed by atoms with Gasteiger partial charge in [0.15, 0.2) is 11.7 Å². The Morgan fingerprint density at radius 1 is 1.30 bits per heavy atom. The van der Waals surface area contributed by atoms with Gasteiger partial charge < -0.3 is 10.6 Å². The minimum atomic E-state index is -4.41. The van der Waals surface area contributed by atoms with E-state index >= 15 is 0 Å². The SMILES string of the molecule is CCNC(=NCCc1nc(C(F)(F)F)cs1)NC(C)c1cccc(-n2cccn2)c1. The van der Waals surface area contributed by atoms with Gasteiger partial charge in [0.2, 0.25) is 0 Å². The van der Waals surface area contributed by atoms with Crippen LogP contribution in [0.2, 0.25) is 0 Å². The zero-order chi connectivity index (χ0) is 21.6. The fourth-order valence-electron chi connectivity index (χ4n) is 2.79. The van der Waals surface area contributed by atoms with E-state index in [2.05, 4.69) is 25.7 Å². The first-order chi connectivity index (χ1) is 14.4. The smallest absolute Gasteiger partial charge is 0.357 e. The van der Waals surface area contributed by atoms with Gasteiger partial charge in [-0.15, -0.1) is 11.3 Å². The highest BCUT2D eigenvalue weighted by Crippen LogP contribution is 2.30. The molecule has 0 aliphatic carbocycles. The van der Waals surface area contributed by atoms with Crippen molar-refractivity contribution in [1.82, 2.24) is 25.4 Å². The number of alkyl halides is 3. The molecule has 0 spiro atoms. The first-order valence-electron chi connectivity index (χ1n) is 9.53. The minimum Gasteiger partial charge on any atom is -0.357 e. The maximum Gasteiger partial charge on any atom is 0.434 e. The van der Waals surface area contributed by atoms with E-state index in [9.17, 15) is 13.2 Å². The molecule has 160 valence electrons. The number of halogens is 3. The summed E-state index contributed by atoms with van der Waals surface area (Å²) in [6.07, 6.45) is -0.453. The van der Waals surface area contributed by atoms with Crippen molar-refractivity contribution in [2.75, 3.05) is 13.1 Å². The number of guanidine groups is 1. The van der Waals surface area contributed by atoms with Crippen LogP contribution in [-0.2, 0) is 12.6 Å². The molecule has 1 atom stereocenters. The van der Waals surface area contributed by atoms with Gasteiger partial charge >= 0.3 is 6.18 Å². The Morgan fingerprint density at radius 2 is 2.13 bits per heavy atom. The maximum atomic E-state index is 12.7. The second-order valence-electron chi connectivity index (χ2n) is 6.55. The van der Waals surface area contributed by atoms with E-state index in [1.807, 2.05) is 50.4 Å². The summed E-state index contributed by atoms with van der Waals surface area (Å²) in [6.45, 7) is 4.98. The van der Waals surface area contributed by atoms with Gasteiger partial charge in [0.1, 0.15) is 0 Å². The first kappa shape index (κ1) is 21.8. The molecule has 0 amide bonds. The second kappa shape index (κ2) is 9.75. The molecule has 0 saturated heterocycles. The number of rotatable bonds is 7. The molecule has 0 fully saturated rings. The first-order valence-corrected chi connectivity index (χ1v) is 10.4. The average Bonchev–Trinajstić information content (AvgIpc) is 3.40. The van der Waals surface area contributed by atoms with E-state index in [0.29, 0.717) is 30.5 Å². The summed E-state index contributed by atoms with van der Waals surface area (Å²) >= 11 is 1.00. The highest BCUT2D eigenvalue weighted by atomic mass is 32.1. The van der Waals surface area contributed by atoms with Gasteiger partial charge in [0.05, 0.1) is 16.7 Å². The zero-order valence-electron chi connectivity index (χ0n) is 16.6. The normalized spacial score (nSPS) is 13.3. The van der Waals surface area contributed by atoms with Crippen LogP contribution in [0.25, 0.3) is 5.69 Å². The number of thiazole rings is 1. The van der Waals surface area contributed by atoms with Crippen LogP contribution < -0.4 is 10.6 Å². The van der Waals surface area contributed by atoms with E-state index in [1.54, 1.807) is 10.9 Å². The molecule has 2 N–H and O–H groups in total. The largest absolute Gasteiger partial charge is 0.434 e. The lowest BCUT2D eigenvalue weighted by atomic mass is 10.1. The Morgan fingerprint density at radius 3 is 2.80 bits per heavy atom. The second-order valence-corrected chi connectivity index (χ2v) is 7.49. The number of aliphatic imine (C=N–C) groups is 1. The van der Waals surface area contributed by atoms with E-state index in [0.717, 1.165) is 28.0 Å². The van der Waals surface area contributed by atoms with Crippen molar-refractivity contribution < 1.29 is 13.2 Å². The third-order valence-corrected chi connectivity index (χ3v) is 5.18. The molecular weight excluding hydrogens is 413 g/mol. The minimum absolute atomic E-state index is 0.0324. The predicted octanol–water partition coefficient (Wildman–Crippen LogP) is 4.21. The molecule has 6 nitrogen and oxygen atoms in total. The van der Waals surface area contributed by atoms with Gasteiger partial charge in [-0.3, -0.25) is 4.99 Å². The van der Waals surface area contributed by atoms with Crippen LogP contribution in [0.5, 0.6) is 0 Å². The number of aromatic nitrogens is 3. The van der Waals surface area contributed by atoms with Gasteiger partial charge in [0.25, 0.3) is 0 Å². The Kier molecular flexibility index (Phi) is 7.09. The van der Waals surface area contributed by atoms with E-state index < -0.39 is 11.9 Å². The van der Waals surface area contributed by atoms with Crippen LogP contribution in [0.3, 0.4) is 0 Å². The molecule has 1 aromatic carbocycles. The quantitative estimate of drug-likeness (QED) is 0.430. The molecule has 0 aliphatic rings. The van der Waals surface area contributed by atoms with Crippen molar-refractivity contribution in [2.45, 2.75) is 32.5 Å². The molecular formula is C20H23F3N6S. The van der Waals surface area contributed by atoms with Gasteiger partial charge in [-0.2, -0.15) is 18.3 Å². The third-order valence-electron chi connectivity index (χ3n) is 4.27. The summed E-state index contributed by atoms with van der Waals surface area (Å²) in [5.41, 5.74) is 1.17. The Balaban J connectivity index is 1.63. The van der Waals surface area contributed by atoms with Crippen LogP contribution in [0.4, 0.5) is 13.2 Å². The number of hydrogen-bond donors (Lipinski definition) is 2. The number of hydrogen-bond acceptors (Lipinski definition) is 4. The lowest BCUT2D eigenvalue weighted by molar-refractivity contribution is -0.140. The zero-order valence-corrected chi connectivity index (χ0v) is 17.5. The van der Waals surface area contributed by atoms with Crippen molar-refractivity contribution in [1.29, 1.82) is 0 Å². The molecule has 10 heteroatoms. The van der Waals surface area contributed by atoms with Gasteiger partial charge in [-0.25, -0.2) is 9.67 Å². The molecule has 0 bridgehead atoms. The van der Waals surface area contributed by atoms with E-state index in [-0.39, 0.29) is 6.04 Å². The predicted molar refractivity (Wildman–Crippen MR) is 112 cm³/mol. The molecule has 3 aromatic rings. The standard InChI is InChI=1S/C20H23F3N6S/c1-3-24-19(25-10-8-18-28-17(13-30-18)20(21,22)23)27-14(2)15-6-4-7-16(12-15)29-11-5-9-26-29/h4-7,9,11-14H,3,8,10H2,1-2H3,(H2,24,25,27). The average molecular weight is 437 g/mol. The molecule has 0 aliphatic heterocycles. The summed E-state index contributed by atoms with van der Waals surface area (Å²) in [4.78, 5) is 8.12. The molecule has 0 saturated carbocycles. The van der Waals surface area contributed by atoms with Crippen molar-refractivity contribution in [3.63, 3.8) is 0 Å². The number of nitrogens with one attached hydrogen (secondary N) is 2. The van der Waals surface area contributed by atoms with Crippen molar-refractivity contribution in [3.05, 3.63) is 64.4 Å². The third kappa shape index (κ3) is 5.82. The van der Waals surface area contributed by atoms with Gasteiger partial charge in [-0.05, 0) is 37.6 Å². The summed E-state index contributed by atoms with van der Waals surface area (Å²) in [7, 11) is 0. The van der Waals surface area contributed by atoms with Gasteiger partial charge in [0, 0.05) is 37.3 Å². The summed E-state index contributed by atoms with van der Waals surface area (Å²) < 4.78 is 39.8. The summed E-state index contributed by atoms with van der Waals surface area (Å²) in [5.74, 6) is 0.599. The van der Waals surface area contributed by atoms with Crippen LogP contribution in [-0.4, -0.2) is 33.8 Å². The Bertz CT molecular complexity index is 965. The van der Waals surface area contributed by atoms with E-state index in [1.165, 1.54) is 0 Å². The molecule has 3 rings (SSSR count). The summed E-state index contributed by atoms with van der Waals surface area (Å²) in [6, 6.07) is 9.84. The van der Waals surface area contributed by atoms with Crippen LogP contribution >= 0.6 is 11.3 Å². The Labute approximate surface area is 176 Å². The lowest BCUT2D eigenvalue weighted by Gasteiger charge is -2.19. The van der Waals surface area contributed by atoms with Crippen LogP contribution in [0, 0.1) is 0 Å². The van der Waals surface area contributed by atoms with Crippen molar-refractivity contribution >= 4 is 17.3 Å². The van der Waals surface area contributed by atoms with Crippen molar-refractivity contribution in [3.8, 4) is 5.69 Å². The lowest BCUT2D eigenvalue weighted by Crippen LogP contribution is -2.38. The van der Waals surface area contributed by atoms with Crippen LogP contribution in [0.15, 0.2) is 53.1 Å². The molecule has 2 aromatic heterocycles. The molecule has 0 radical (unpaired) electrons. The Hall–Kier alpha value is -2.88. The molecule has 1 unspecified atom stereocenters. The highest BCUT2D eigenvalue weighted by Gasteiger charge is 2.33. The topological polar surface area (TPSA) is 67.1 Å². The van der Waals surface area contributed by atoms with Crippen LogP contribution in [0.1, 0.15) is 36.2 Å². The molecule has 30 heavy (non-hydrogen) atoms. The van der Waals surface area contributed by atoms with Gasteiger partial charge in [-0.1, -0.05) is 12.1 Å². The fraction of sp³-hybridized carbons (Fsp3) is 0.350. The summed E-state index contributed by atoms with van der Waals surface area (Å²) in [5, 5.41) is 12.2. The highest BCUT2D eigenvalue weighted by molar-refractivity contribution is 7.09. The molecule has 2 heterocycles. The fourth-order valence-corrected chi connectivity index (χ4v) is 3.58. The number of benzene rings is 1. The maximum absolute atomic E-state index is 12.7. The van der Waals surface area contributed by atoms with E-state index in [4.69, 9.17) is 0 Å².